The van der Waals surface area contributed by atoms with E-state index in [1.54, 1.807) is 0 Å². The minimum atomic E-state index is 0.0443. The highest BCUT2D eigenvalue weighted by atomic mass is 35.5. The van der Waals surface area contributed by atoms with E-state index in [2.05, 4.69) is 31.3 Å². The normalized spacial score (nSPS) is 15.2. The van der Waals surface area contributed by atoms with Gasteiger partial charge in [-0.1, -0.05) is 38.1 Å². The Kier molecular flexibility index (Phi) is 5.09. The minimum absolute atomic E-state index is 0.0443. The molecule has 0 heterocycles. The zero-order valence-electron chi connectivity index (χ0n) is 12.4. The Hall–Kier alpha value is -1.02. The topological polar surface area (TPSA) is 29.1 Å². The first-order valence-corrected chi connectivity index (χ1v) is 8.08. The van der Waals surface area contributed by atoms with Gasteiger partial charge in [0.15, 0.2) is 0 Å². The highest BCUT2D eigenvalue weighted by Crippen LogP contribution is 2.29. The summed E-state index contributed by atoms with van der Waals surface area (Å²) >= 11 is 6.09. The molecular formula is C17H24ClNO. The molecule has 2 nitrogen and oxygen atoms in total. The molecule has 1 amide bonds. The predicted octanol–water partition coefficient (Wildman–Crippen LogP) is 3.56. The van der Waals surface area contributed by atoms with E-state index in [1.165, 1.54) is 11.1 Å². The Morgan fingerprint density at radius 3 is 2.25 bits per heavy atom. The monoisotopic (exact) mass is 293 g/mol. The van der Waals surface area contributed by atoms with Crippen molar-refractivity contribution in [3.8, 4) is 0 Å². The highest BCUT2D eigenvalue weighted by molar-refractivity contribution is 6.18. The summed E-state index contributed by atoms with van der Waals surface area (Å²) in [7, 11) is 0. The van der Waals surface area contributed by atoms with Crippen LogP contribution in [-0.4, -0.2) is 18.3 Å². The Labute approximate surface area is 126 Å². The molecule has 1 aromatic carbocycles. The van der Waals surface area contributed by atoms with Crippen molar-refractivity contribution in [1.29, 1.82) is 0 Å². The van der Waals surface area contributed by atoms with Crippen LogP contribution in [0.5, 0.6) is 0 Å². The van der Waals surface area contributed by atoms with Gasteiger partial charge in [0.2, 0.25) is 5.91 Å². The lowest BCUT2D eigenvalue weighted by Gasteiger charge is -2.30. The smallest absolute Gasteiger partial charge is 0.223 e. The largest absolute Gasteiger partial charge is 0.355 e. The quantitative estimate of drug-likeness (QED) is 0.798. The van der Waals surface area contributed by atoms with Crippen molar-refractivity contribution in [2.24, 2.45) is 11.3 Å². The zero-order valence-corrected chi connectivity index (χ0v) is 13.2. The summed E-state index contributed by atoms with van der Waals surface area (Å²) in [5.74, 6) is 0.872. The Balaban J connectivity index is 1.91. The number of rotatable bonds is 6. The molecule has 0 saturated heterocycles. The first-order chi connectivity index (χ1) is 9.64. The van der Waals surface area contributed by atoms with Crippen molar-refractivity contribution >= 4 is 17.5 Å². The van der Waals surface area contributed by atoms with Gasteiger partial charge in [-0.15, -0.1) is 11.6 Å². The fourth-order valence-corrected chi connectivity index (χ4v) is 3.37. The van der Waals surface area contributed by atoms with Crippen LogP contribution >= 0.6 is 11.6 Å². The first-order valence-electron chi connectivity index (χ1n) is 7.54. The van der Waals surface area contributed by atoms with Crippen LogP contribution in [0, 0.1) is 11.3 Å². The van der Waals surface area contributed by atoms with E-state index in [1.807, 2.05) is 12.1 Å². The van der Waals surface area contributed by atoms with Crippen molar-refractivity contribution in [2.45, 2.75) is 39.5 Å². The van der Waals surface area contributed by atoms with E-state index in [0.717, 1.165) is 25.7 Å². The first kappa shape index (κ1) is 15.4. The number of alkyl halides is 1. The van der Waals surface area contributed by atoms with E-state index < -0.39 is 0 Å². The summed E-state index contributed by atoms with van der Waals surface area (Å²) in [6.45, 7) is 4.97. The molecular weight excluding hydrogens is 270 g/mol. The van der Waals surface area contributed by atoms with Crippen molar-refractivity contribution in [3.63, 3.8) is 0 Å². The van der Waals surface area contributed by atoms with Crippen LogP contribution in [0.3, 0.4) is 0 Å². The molecule has 1 aliphatic rings. The summed E-state index contributed by atoms with van der Waals surface area (Å²) in [4.78, 5) is 12.4. The standard InChI is InChI=1S/C17H24ClNO/c1-3-17(4-2,11-18)12-19-16(20)15-9-13-7-5-6-8-14(13)10-15/h5-8,15H,3-4,9-12H2,1-2H3,(H,19,20). The molecule has 110 valence electrons. The Morgan fingerprint density at radius 1 is 1.25 bits per heavy atom. The average molecular weight is 294 g/mol. The average Bonchev–Trinajstić information content (AvgIpc) is 2.93. The third-order valence-electron chi connectivity index (χ3n) is 4.84. The van der Waals surface area contributed by atoms with Crippen LogP contribution in [0.15, 0.2) is 24.3 Å². The van der Waals surface area contributed by atoms with Gasteiger partial charge in [0, 0.05) is 23.8 Å². The summed E-state index contributed by atoms with van der Waals surface area (Å²) in [6, 6.07) is 8.35. The van der Waals surface area contributed by atoms with Gasteiger partial charge in [-0.05, 0) is 36.8 Å². The van der Waals surface area contributed by atoms with Crippen LogP contribution in [0.1, 0.15) is 37.8 Å². The lowest BCUT2D eigenvalue weighted by Crippen LogP contribution is -2.41. The molecule has 1 N–H and O–H groups in total. The number of hydrogen-bond donors (Lipinski definition) is 1. The number of hydrogen-bond acceptors (Lipinski definition) is 1. The molecule has 0 bridgehead atoms. The van der Waals surface area contributed by atoms with Gasteiger partial charge in [0.1, 0.15) is 0 Å². The zero-order chi connectivity index (χ0) is 14.6. The third kappa shape index (κ3) is 3.17. The van der Waals surface area contributed by atoms with Gasteiger partial charge in [-0.2, -0.15) is 0 Å². The van der Waals surface area contributed by atoms with Gasteiger partial charge < -0.3 is 5.32 Å². The summed E-state index contributed by atoms with van der Waals surface area (Å²) in [5, 5.41) is 3.13. The van der Waals surface area contributed by atoms with Crippen molar-refractivity contribution < 1.29 is 4.79 Å². The summed E-state index contributed by atoms with van der Waals surface area (Å²) in [6.07, 6.45) is 3.73. The molecule has 1 aliphatic carbocycles. The second-order valence-corrected chi connectivity index (χ2v) is 6.20. The fourth-order valence-electron chi connectivity index (χ4n) is 2.90. The number of halogens is 1. The van der Waals surface area contributed by atoms with Gasteiger partial charge >= 0.3 is 0 Å². The minimum Gasteiger partial charge on any atom is -0.355 e. The molecule has 0 atom stereocenters. The van der Waals surface area contributed by atoms with Crippen LogP contribution < -0.4 is 5.32 Å². The van der Waals surface area contributed by atoms with Crippen molar-refractivity contribution in [3.05, 3.63) is 35.4 Å². The van der Waals surface area contributed by atoms with E-state index in [4.69, 9.17) is 11.6 Å². The number of nitrogens with one attached hydrogen (secondary N) is 1. The van der Waals surface area contributed by atoms with E-state index in [0.29, 0.717) is 12.4 Å². The van der Waals surface area contributed by atoms with Crippen LogP contribution in [0.4, 0.5) is 0 Å². The molecule has 0 aromatic heterocycles. The summed E-state index contributed by atoms with van der Waals surface area (Å²) < 4.78 is 0. The third-order valence-corrected chi connectivity index (χ3v) is 5.41. The maximum Gasteiger partial charge on any atom is 0.223 e. The highest BCUT2D eigenvalue weighted by Gasteiger charge is 2.30. The van der Waals surface area contributed by atoms with Gasteiger partial charge in [0.25, 0.3) is 0 Å². The number of fused-ring (bicyclic) bond motifs is 1. The second-order valence-electron chi connectivity index (χ2n) is 5.93. The number of carbonyl (C=O) groups excluding carboxylic acids is 1. The van der Waals surface area contributed by atoms with Crippen molar-refractivity contribution in [1.82, 2.24) is 5.32 Å². The van der Waals surface area contributed by atoms with E-state index in [-0.39, 0.29) is 17.2 Å². The molecule has 3 heteroatoms. The molecule has 0 radical (unpaired) electrons. The Bertz CT molecular complexity index is 435. The number of carbonyl (C=O) groups is 1. The lowest BCUT2D eigenvalue weighted by molar-refractivity contribution is -0.125. The predicted molar refractivity (Wildman–Crippen MR) is 84.1 cm³/mol. The van der Waals surface area contributed by atoms with Gasteiger partial charge in [-0.25, -0.2) is 0 Å². The molecule has 0 spiro atoms. The molecule has 2 rings (SSSR count). The maximum absolute atomic E-state index is 12.4. The fraction of sp³-hybridized carbons (Fsp3) is 0.588. The molecule has 0 saturated carbocycles. The molecule has 0 unspecified atom stereocenters. The molecule has 20 heavy (non-hydrogen) atoms. The number of benzene rings is 1. The molecule has 1 aromatic rings. The summed E-state index contributed by atoms with van der Waals surface area (Å²) in [5.41, 5.74) is 2.69. The maximum atomic E-state index is 12.4. The van der Waals surface area contributed by atoms with E-state index in [9.17, 15) is 4.79 Å². The lowest BCUT2D eigenvalue weighted by atomic mass is 9.84. The van der Waals surface area contributed by atoms with Crippen LogP contribution in [0.25, 0.3) is 0 Å². The van der Waals surface area contributed by atoms with Crippen molar-refractivity contribution in [2.75, 3.05) is 12.4 Å². The van der Waals surface area contributed by atoms with Gasteiger partial charge in [0.05, 0.1) is 0 Å². The van der Waals surface area contributed by atoms with Crippen LogP contribution in [0.2, 0.25) is 0 Å². The molecule has 0 aliphatic heterocycles. The molecule has 0 fully saturated rings. The van der Waals surface area contributed by atoms with E-state index >= 15 is 0 Å². The Morgan fingerprint density at radius 2 is 1.80 bits per heavy atom. The number of amides is 1. The van der Waals surface area contributed by atoms with Crippen LogP contribution in [-0.2, 0) is 17.6 Å². The second kappa shape index (κ2) is 6.62. The van der Waals surface area contributed by atoms with Gasteiger partial charge in [-0.3, -0.25) is 4.79 Å². The SMILES string of the molecule is CCC(CC)(CCl)CNC(=O)C1Cc2ccccc2C1.